The Balaban J connectivity index is 2.42. The first-order valence-corrected chi connectivity index (χ1v) is 5.47. The van der Waals surface area contributed by atoms with Gasteiger partial charge < -0.3 is 10.4 Å². The summed E-state index contributed by atoms with van der Waals surface area (Å²) < 4.78 is 0. The monoisotopic (exact) mass is 248 g/mol. The van der Waals surface area contributed by atoms with Crippen molar-refractivity contribution in [3.8, 4) is 0 Å². The van der Waals surface area contributed by atoms with E-state index >= 15 is 0 Å². The minimum atomic E-state index is -1.10. The smallest absolute Gasteiger partial charge is 0.335 e. The zero-order valence-corrected chi connectivity index (χ0v) is 9.69. The highest BCUT2D eigenvalue weighted by atomic mass is 16.4. The Morgan fingerprint density at radius 3 is 2.28 bits per heavy atom. The third-order valence-electron chi connectivity index (χ3n) is 3.10. The highest BCUT2D eigenvalue weighted by Crippen LogP contribution is 2.28. The summed E-state index contributed by atoms with van der Waals surface area (Å²) in [5.41, 5.74) is -0.401. The summed E-state index contributed by atoms with van der Waals surface area (Å²) in [5.74, 6) is -1.45. The first kappa shape index (κ1) is 12.1. The van der Waals surface area contributed by atoms with E-state index in [0.29, 0.717) is 12.0 Å². The van der Waals surface area contributed by atoms with Crippen molar-refractivity contribution in [3.63, 3.8) is 0 Å². The molecule has 0 radical (unpaired) electrons. The van der Waals surface area contributed by atoms with Gasteiger partial charge in [-0.1, -0.05) is 19.1 Å². The number of nitrogens with one attached hydrogen (secondary N) is 2. The second kappa shape index (κ2) is 4.14. The number of urea groups is 1. The molecule has 0 aliphatic carbocycles. The average molecular weight is 248 g/mol. The van der Waals surface area contributed by atoms with Crippen LogP contribution in [0.2, 0.25) is 0 Å². The molecule has 94 valence electrons. The summed E-state index contributed by atoms with van der Waals surface area (Å²) in [7, 11) is 0. The average Bonchev–Trinajstić information content (AvgIpc) is 2.65. The topological polar surface area (TPSA) is 95.5 Å². The minimum absolute atomic E-state index is 0.134. The van der Waals surface area contributed by atoms with Gasteiger partial charge in [-0.3, -0.25) is 10.1 Å². The van der Waals surface area contributed by atoms with Crippen LogP contribution in [-0.2, 0) is 10.3 Å². The van der Waals surface area contributed by atoms with E-state index in [4.69, 9.17) is 5.11 Å². The van der Waals surface area contributed by atoms with Crippen molar-refractivity contribution in [2.75, 3.05) is 0 Å². The van der Waals surface area contributed by atoms with Crippen molar-refractivity contribution in [1.29, 1.82) is 0 Å². The Kier molecular flexibility index (Phi) is 2.78. The van der Waals surface area contributed by atoms with Crippen molar-refractivity contribution < 1.29 is 19.5 Å². The molecular weight excluding hydrogens is 236 g/mol. The van der Waals surface area contributed by atoms with Gasteiger partial charge in [-0.25, -0.2) is 9.59 Å². The molecule has 1 aromatic carbocycles. The third-order valence-corrected chi connectivity index (χ3v) is 3.10. The van der Waals surface area contributed by atoms with E-state index in [1.54, 1.807) is 6.92 Å². The molecule has 1 atom stereocenters. The number of rotatable bonds is 3. The van der Waals surface area contributed by atoms with Crippen LogP contribution >= 0.6 is 0 Å². The highest BCUT2D eigenvalue weighted by molar-refractivity contribution is 6.07. The molecule has 1 saturated heterocycles. The van der Waals surface area contributed by atoms with E-state index in [1.807, 2.05) is 0 Å². The summed E-state index contributed by atoms with van der Waals surface area (Å²) >= 11 is 0. The summed E-state index contributed by atoms with van der Waals surface area (Å²) in [5, 5.41) is 13.6. The van der Waals surface area contributed by atoms with E-state index in [9.17, 15) is 14.4 Å². The predicted octanol–water partition coefficient (Wildman–Crippen LogP) is 0.829. The number of amides is 3. The fourth-order valence-corrected chi connectivity index (χ4v) is 2.05. The minimum Gasteiger partial charge on any atom is -0.478 e. The molecule has 2 rings (SSSR count). The van der Waals surface area contributed by atoms with E-state index < -0.39 is 23.4 Å². The van der Waals surface area contributed by atoms with Crippen molar-refractivity contribution >= 4 is 17.9 Å². The van der Waals surface area contributed by atoms with Crippen LogP contribution in [0.25, 0.3) is 0 Å². The van der Waals surface area contributed by atoms with Crippen LogP contribution in [-0.4, -0.2) is 23.0 Å². The lowest BCUT2D eigenvalue weighted by Gasteiger charge is -2.24. The van der Waals surface area contributed by atoms with E-state index in [-0.39, 0.29) is 5.56 Å². The van der Waals surface area contributed by atoms with Gasteiger partial charge in [0.25, 0.3) is 5.91 Å². The molecule has 6 nitrogen and oxygen atoms in total. The molecule has 1 fully saturated rings. The summed E-state index contributed by atoms with van der Waals surface area (Å²) in [6.07, 6.45) is 0.386. The quantitative estimate of drug-likeness (QED) is 0.690. The van der Waals surface area contributed by atoms with Crippen molar-refractivity contribution in [2.24, 2.45) is 0 Å². The highest BCUT2D eigenvalue weighted by Gasteiger charge is 2.46. The van der Waals surface area contributed by atoms with Crippen molar-refractivity contribution in [1.82, 2.24) is 10.6 Å². The van der Waals surface area contributed by atoms with Gasteiger partial charge in [0, 0.05) is 0 Å². The second-order valence-corrected chi connectivity index (χ2v) is 4.05. The first-order valence-electron chi connectivity index (χ1n) is 5.47. The Hall–Kier alpha value is -2.37. The summed E-state index contributed by atoms with van der Waals surface area (Å²) in [4.78, 5) is 33.8. The molecule has 0 spiro atoms. The number of carboxylic acids is 1. The third kappa shape index (κ3) is 1.71. The SMILES string of the molecule is CCC1(c2ccc(C(=O)O)cc2)NC(=O)NC1=O. The Bertz CT molecular complexity index is 523. The fourth-order valence-electron chi connectivity index (χ4n) is 2.05. The normalized spacial score (nSPS) is 22.5. The van der Waals surface area contributed by atoms with Crippen LogP contribution < -0.4 is 10.6 Å². The maximum Gasteiger partial charge on any atom is 0.335 e. The van der Waals surface area contributed by atoms with Crippen LogP contribution in [0.4, 0.5) is 4.79 Å². The van der Waals surface area contributed by atoms with E-state index in [2.05, 4.69) is 10.6 Å². The molecule has 0 aromatic heterocycles. The molecule has 0 bridgehead atoms. The molecule has 6 heteroatoms. The van der Waals surface area contributed by atoms with Gasteiger partial charge in [-0.2, -0.15) is 0 Å². The number of carbonyl (C=O) groups excluding carboxylic acids is 2. The zero-order chi connectivity index (χ0) is 13.3. The lowest BCUT2D eigenvalue weighted by Crippen LogP contribution is -2.43. The van der Waals surface area contributed by atoms with Crippen LogP contribution in [0.1, 0.15) is 29.3 Å². The predicted molar refractivity (Wildman–Crippen MR) is 62.0 cm³/mol. The van der Waals surface area contributed by atoms with E-state index in [1.165, 1.54) is 24.3 Å². The Morgan fingerprint density at radius 2 is 1.89 bits per heavy atom. The molecule has 3 N–H and O–H groups in total. The maximum absolute atomic E-state index is 11.8. The number of carboxylic acid groups (broad SMARTS) is 1. The molecule has 3 amide bonds. The molecule has 1 aromatic rings. The number of carbonyl (C=O) groups is 3. The number of benzene rings is 1. The number of hydrogen-bond donors (Lipinski definition) is 3. The van der Waals surface area contributed by atoms with Crippen molar-refractivity contribution in [2.45, 2.75) is 18.9 Å². The van der Waals surface area contributed by atoms with Crippen LogP contribution in [0.5, 0.6) is 0 Å². The van der Waals surface area contributed by atoms with Crippen LogP contribution in [0.3, 0.4) is 0 Å². The number of aromatic carboxylic acids is 1. The van der Waals surface area contributed by atoms with Gasteiger partial charge in [0.2, 0.25) is 0 Å². The molecule has 1 unspecified atom stereocenters. The number of hydrogen-bond acceptors (Lipinski definition) is 3. The van der Waals surface area contributed by atoms with Crippen LogP contribution in [0.15, 0.2) is 24.3 Å². The summed E-state index contributed by atoms with van der Waals surface area (Å²) in [6.45, 7) is 1.77. The standard InChI is InChI=1S/C12H12N2O4/c1-2-12(10(17)13-11(18)14-12)8-5-3-7(4-6-8)9(15)16/h3-6H,2H2,1H3,(H,15,16)(H2,13,14,17,18). The van der Waals surface area contributed by atoms with Gasteiger partial charge in [0.1, 0.15) is 5.54 Å². The van der Waals surface area contributed by atoms with Gasteiger partial charge >= 0.3 is 12.0 Å². The maximum atomic E-state index is 11.8. The lowest BCUT2D eigenvalue weighted by atomic mass is 9.87. The Labute approximate surface area is 103 Å². The van der Waals surface area contributed by atoms with Gasteiger partial charge in [0.05, 0.1) is 5.56 Å². The molecule has 1 heterocycles. The fraction of sp³-hybridized carbons (Fsp3) is 0.250. The molecular formula is C12H12N2O4. The zero-order valence-electron chi connectivity index (χ0n) is 9.69. The van der Waals surface area contributed by atoms with Crippen LogP contribution in [0, 0.1) is 0 Å². The second-order valence-electron chi connectivity index (χ2n) is 4.05. The molecule has 1 aliphatic rings. The van der Waals surface area contributed by atoms with Crippen molar-refractivity contribution in [3.05, 3.63) is 35.4 Å². The number of imide groups is 1. The summed E-state index contributed by atoms with van der Waals surface area (Å²) in [6, 6.07) is 5.36. The van der Waals surface area contributed by atoms with Gasteiger partial charge in [-0.15, -0.1) is 0 Å². The lowest BCUT2D eigenvalue weighted by molar-refractivity contribution is -0.124. The molecule has 1 aliphatic heterocycles. The largest absolute Gasteiger partial charge is 0.478 e. The first-order chi connectivity index (χ1) is 8.49. The van der Waals surface area contributed by atoms with Gasteiger partial charge in [-0.05, 0) is 24.1 Å². The van der Waals surface area contributed by atoms with E-state index in [0.717, 1.165) is 0 Å². The Morgan fingerprint density at radius 1 is 1.28 bits per heavy atom. The van der Waals surface area contributed by atoms with Gasteiger partial charge in [0.15, 0.2) is 0 Å². The molecule has 18 heavy (non-hydrogen) atoms. The molecule has 0 saturated carbocycles.